The lowest BCUT2D eigenvalue weighted by Crippen LogP contribution is -2.23. The zero-order valence-electron chi connectivity index (χ0n) is 17.1. The Bertz CT molecular complexity index is 1090. The maximum atomic E-state index is 12.4. The summed E-state index contributed by atoms with van der Waals surface area (Å²) in [6.45, 7) is 1.99. The second kappa shape index (κ2) is 10.1. The van der Waals surface area contributed by atoms with Gasteiger partial charge in [-0.05, 0) is 63.5 Å². The van der Waals surface area contributed by atoms with Crippen LogP contribution in [0.4, 0.5) is 11.4 Å². The minimum absolute atomic E-state index is 0.0221. The summed E-state index contributed by atoms with van der Waals surface area (Å²) in [5.74, 6) is -0.334. The first kappa shape index (κ1) is 22.3. The molecule has 7 nitrogen and oxygen atoms in total. The highest BCUT2D eigenvalue weighted by Crippen LogP contribution is 2.17. The van der Waals surface area contributed by atoms with Gasteiger partial charge < -0.3 is 20.0 Å². The van der Waals surface area contributed by atoms with Crippen LogP contribution >= 0.6 is 15.9 Å². The molecule has 1 aromatic heterocycles. The van der Waals surface area contributed by atoms with E-state index >= 15 is 0 Å². The fourth-order valence-corrected chi connectivity index (χ4v) is 3.16. The quantitative estimate of drug-likeness (QED) is 0.518. The summed E-state index contributed by atoms with van der Waals surface area (Å²) in [5.41, 5.74) is 3.01. The first-order chi connectivity index (χ1) is 14.8. The Morgan fingerprint density at radius 1 is 0.935 bits per heavy atom. The smallest absolute Gasteiger partial charge is 0.291 e. The van der Waals surface area contributed by atoms with Gasteiger partial charge in [0.2, 0.25) is 11.8 Å². The van der Waals surface area contributed by atoms with Crippen LogP contribution in [0, 0.1) is 0 Å². The van der Waals surface area contributed by atoms with Gasteiger partial charge in [0.25, 0.3) is 5.91 Å². The van der Waals surface area contributed by atoms with Crippen LogP contribution in [-0.2, 0) is 22.6 Å². The Morgan fingerprint density at radius 3 is 2.32 bits per heavy atom. The molecule has 160 valence electrons. The van der Waals surface area contributed by atoms with Crippen LogP contribution in [0.2, 0.25) is 0 Å². The number of nitrogens with zero attached hydrogens (tertiary/aromatic N) is 1. The highest BCUT2D eigenvalue weighted by Gasteiger charge is 2.11. The molecule has 0 saturated heterocycles. The van der Waals surface area contributed by atoms with Crippen LogP contribution < -0.4 is 10.6 Å². The molecule has 0 aliphatic heterocycles. The van der Waals surface area contributed by atoms with Gasteiger partial charge in [0.05, 0.1) is 6.42 Å². The Balaban J connectivity index is 1.55. The Hall–Kier alpha value is -3.39. The van der Waals surface area contributed by atoms with Gasteiger partial charge in [-0.1, -0.05) is 24.3 Å². The number of rotatable bonds is 7. The molecule has 2 aromatic carbocycles. The molecule has 0 radical (unpaired) electrons. The van der Waals surface area contributed by atoms with Crippen molar-refractivity contribution in [2.75, 3.05) is 17.7 Å². The van der Waals surface area contributed by atoms with Crippen molar-refractivity contribution in [2.24, 2.45) is 0 Å². The van der Waals surface area contributed by atoms with Gasteiger partial charge in [-0.25, -0.2) is 0 Å². The SMILES string of the molecule is CC(=O)N(C)Cc1cccc(NC(=O)Cc2ccc(NC(=O)c3ccc(Br)o3)cc2)c1. The zero-order valence-corrected chi connectivity index (χ0v) is 18.7. The molecule has 2 N–H and O–H groups in total. The van der Waals surface area contributed by atoms with Gasteiger partial charge in [-0.3, -0.25) is 14.4 Å². The summed E-state index contributed by atoms with van der Waals surface area (Å²) in [4.78, 5) is 37.5. The van der Waals surface area contributed by atoms with Crippen molar-refractivity contribution in [3.05, 3.63) is 82.2 Å². The average Bonchev–Trinajstić information content (AvgIpc) is 3.16. The van der Waals surface area contributed by atoms with Crippen LogP contribution in [0.25, 0.3) is 0 Å². The highest BCUT2D eigenvalue weighted by atomic mass is 79.9. The lowest BCUT2D eigenvalue weighted by molar-refractivity contribution is -0.128. The van der Waals surface area contributed by atoms with E-state index in [1.807, 2.05) is 18.2 Å². The number of carbonyl (C=O) groups is 3. The molecule has 1 heterocycles. The van der Waals surface area contributed by atoms with E-state index in [4.69, 9.17) is 4.42 Å². The summed E-state index contributed by atoms with van der Waals surface area (Å²) in [7, 11) is 1.73. The number of anilines is 2. The molecule has 0 aliphatic rings. The Labute approximate surface area is 188 Å². The number of benzene rings is 2. The molecule has 0 fully saturated rings. The average molecular weight is 484 g/mol. The van der Waals surface area contributed by atoms with Crippen molar-refractivity contribution >= 4 is 45.0 Å². The fraction of sp³-hybridized carbons (Fsp3) is 0.174. The third-order valence-corrected chi connectivity index (χ3v) is 4.97. The standard InChI is InChI=1S/C23H22BrN3O4/c1-15(28)27(2)14-17-4-3-5-19(12-17)25-22(29)13-16-6-8-18(9-7-16)26-23(30)20-10-11-21(24)31-20/h3-12H,13-14H2,1-2H3,(H,25,29)(H,26,30). The van der Waals surface area contributed by atoms with Crippen LogP contribution in [0.1, 0.15) is 28.6 Å². The minimum atomic E-state index is -0.355. The van der Waals surface area contributed by atoms with Crippen molar-refractivity contribution in [2.45, 2.75) is 19.9 Å². The fourth-order valence-electron chi connectivity index (χ4n) is 2.86. The maximum Gasteiger partial charge on any atom is 0.291 e. The number of hydrogen-bond acceptors (Lipinski definition) is 4. The van der Waals surface area contributed by atoms with E-state index in [0.29, 0.717) is 22.6 Å². The van der Waals surface area contributed by atoms with E-state index in [9.17, 15) is 14.4 Å². The maximum absolute atomic E-state index is 12.4. The van der Waals surface area contributed by atoms with Gasteiger partial charge in [0, 0.05) is 31.9 Å². The molecule has 0 bridgehead atoms. The van der Waals surface area contributed by atoms with E-state index in [1.54, 1.807) is 54.4 Å². The number of carbonyl (C=O) groups excluding carboxylic acids is 3. The normalized spacial score (nSPS) is 10.4. The van der Waals surface area contributed by atoms with Gasteiger partial charge in [0.15, 0.2) is 10.4 Å². The minimum Gasteiger partial charge on any atom is -0.444 e. The molecular formula is C23H22BrN3O4. The molecule has 0 atom stereocenters. The highest BCUT2D eigenvalue weighted by molar-refractivity contribution is 9.10. The second-order valence-corrected chi connectivity index (χ2v) is 7.84. The van der Waals surface area contributed by atoms with Gasteiger partial charge >= 0.3 is 0 Å². The van der Waals surface area contributed by atoms with Gasteiger partial charge in [0.1, 0.15) is 0 Å². The monoisotopic (exact) mass is 483 g/mol. The van der Waals surface area contributed by atoms with Crippen LogP contribution in [-0.4, -0.2) is 29.7 Å². The van der Waals surface area contributed by atoms with Crippen molar-refractivity contribution in [3.63, 3.8) is 0 Å². The largest absolute Gasteiger partial charge is 0.444 e. The summed E-state index contributed by atoms with van der Waals surface area (Å²) in [5, 5.41) is 5.61. The van der Waals surface area contributed by atoms with E-state index in [2.05, 4.69) is 26.6 Å². The van der Waals surface area contributed by atoms with Crippen molar-refractivity contribution in [3.8, 4) is 0 Å². The molecule has 8 heteroatoms. The van der Waals surface area contributed by atoms with Crippen LogP contribution in [0.15, 0.2) is 69.8 Å². The molecular weight excluding hydrogens is 462 g/mol. The first-order valence-corrected chi connectivity index (χ1v) is 10.4. The number of amides is 3. The predicted molar refractivity (Wildman–Crippen MR) is 122 cm³/mol. The van der Waals surface area contributed by atoms with Crippen molar-refractivity contribution in [1.82, 2.24) is 4.90 Å². The number of nitrogens with one attached hydrogen (secondary N) is 2. The van der Waals surface area contributed by atoms with E-state index in [1.165, 1.54) is 6.92 Å². The number of halogens is 1. The molecule has 3 aromatic rings. The molecule has 0 unspecified atom stereocenters. The molecule has 3 rings (SSSR count). The van der Waals surface area contributed by atoms with E-state index in [-0.39, 0.29) is 29.9 Å². The summed E-state index contributed by atoms with van der Waals surface area (Å²) >= 11 is 3.16. The molecule has 31 heavy (non-hydrogen) atoms. The summed E-state index contributed by atoms with van der Waals surface area (Å²) in [6, 6.07) is 17.7. The Morgan fingerprint density at radius 2 is 1.68 bits per heavy atom. The van der Waals surface area contributed by atoms with Gasteiger partial charge in [-0.15, -0.1) is 0 Å². The summed E-state index contributed by atoms with van der Waals surface area (Å²) in [6.07, 6.45) is 0.191. The lowest BCUT2D eigenvalue weighted by atomic mass is 10.1. The third kappa shape index (κ3) is 6.55. The third-order valence-electron chi connectivity index (χ3n) is 4.54. The topological polar surface area (TPSA) is 91.7 Å². The Kier molecular flexibility index (Phi) is 7.25. The van der Waals surface area contributed by atoms with E-state index < -0.39 is 0 Å². The van der Waals surface area contributed by atoms with E-state index in [0.717, 1.165) is 11.1 Å². The van der Waals surface area contributed by atoms with Crippen LogP contribution in [0.5, 0.6) is 0 Å². The zero-order chi connectivity index (χ0) is 22.4. The first-order valence-electron chi connectivity index (χ1n) is 9.56. The number of hydrogen-bond donors (Lipinski definition) is 2. The lowest BCUT2D eigenvalue weighted by Gasteiger charge is -2.15. The van der Waals surface area contributed by atoms with Gasteiger partial charge in [-0.2, -0.15) is 0 Å². The van der Waals surface area contributed by atoms with Crippen molar-refractivity contribution < 1.29 is 18.8 Å². The molecule has 0 spiro atoms. The van der Waals surface area contributed by atoms with Crippen molar-refractivity contribution in [1.29, 1.82) is 0 Å². The molecule has 3 amide bonds. The molecule has 0 aliphatic carbocycles. The number of furan rings is 1. The predicted octanol–water partition coefficient (Wildman–Crippen LogP) is 4.45. The molecule has 0 saturated carbocycles. The van der Waals surface area contributed by atoms with Crippen LogP contribution in [0.3, 0.4) is 0 Å². The second-order valence-electron chi connectivity index (χ2n) is 7.06. The summed E-state index contributed by atoms with van der Waals surface area (Å²) < 4.78 is 5.71.